The molecule has 2 atom stereocenters. The van der Waals surface area contributed by atoms with Gasteiger partial charge in [-0.2, -0.15) is 0 Å². The zero-order chi connectivity index (χ0) is 30.3. The van der Waals surface area contributed by atoms with Crippen molar-refractivity contribution in [1.29, 1.82) is 0 Å². The average molecular weight is 604 g/mol. The number of benzene rings is 3. The van der Waals surface area contributed by atoms with Crippen LogP contribution in [0.3, 0.4) is 0 Å². The first-order valence-corrected chi connectivity index (χ1v) is 15.0. The molecule has 11 heteroatoms. The minimum Gasteiger partial charge on any atom is -0.495 e. The molecule has 1 N–H and O–H groups in total. The van der Waals surface area contributed by atoms with Crippen LogP contribution >= 0.6 is 11.6 Å². The largest absolute Gasteiger partial charge is 0.495 e. The standard InChI is InChI=1S/C30H35ClFN3O5S/c1-6-21(3)33-30(37)22(4)34(18-23-9-11-24(32)12-10-23)29(36)19-35(25-13-16-28(40-5)27(31)17-25)41(38,39)26-14-7-20(2)8-15-26/h7-17,21-22H,6,18-19H2,1-5H3,(H,33,37)/t21-,22+/m0/s1. The normalized spacial score (nSPS) is 12.8. The highest BCUT2D eigenvalue weighted by molar-refractivity contribution is 7.92. The number of hydrogen-bond donors (Lipinski definition) is 1. The van der Waals surface area contributed by atoms with Crippen molar-refractivity contribution in [1.82, 2.24) is 10.2 Å². The molecule has 220 valence electrons. The van der Waals surface area contributed by atoms with Crippen LogP contribution in [0.1, 0.15) is 38.3 Å². The summed E-state index contributed by atoms with van der Waals surface area (Å²) >= 11 is 6.34. The number of nitrogens with one attached hydrogen (secondary N) is 1. The second-order valence-electron chi connectivity index (χ2n) is 9.79. The molecule has 0 heterocycles. The molecule has 0 aliphatic carbocycles. The maximum atomic E-state index is 13.9. The maximum Gasteiger partial charge on any atom is 0.264 e. The number of carbonyl (C=O) groups excluding carboxylic acids is 2. The van der Waals surface area contributed by atoms with E-state index in [2.05, 4.69) is 5.32 Å². The van der Waals surface area contributed by atoms with Crippen molar-refractivity contribution in [2.75, 3.05) is 18.0 Å². The van der Waals surface area contributed by atoms with Gasteiger partial charge in [-0.05, 0) is 75.2 Å². The van der Waals surface area contributed by atoms with Crippen molar-refractivity contribution in [3.8, 4) is 5.75 Å². The van der Waals surface area contributed by atoms with Gasteiger partial charge in [0.05, 0.1) is 22.7 Å². The number of ether oxygens (including phenoxy) is 1. The molecule has 3 aromatic carbocycles. The highest BCUT2D eigenvalue weighted by atomic mass is 35.5. The lowest BCUT2D eigenvalue weighted by molar-refractivity contribution is -0.139. The van der Waals surface area contributed by atoms with Crippen LogP contribution in [-0.2, 0) is 26.2 Å². The van der Waals surface area contributed by atoms with E-state index in [0.717, 1.165) is 9.87 Å². The molecule has 0 aliphatic rings. The van der Waals surface area contributed by atoms with Gasteiger partial charge in [-0.3, -0.25) is 13.9 Å². The number of carbonyl (C=O) groups is 2. The minimum absolute atomic E-state index is 0.0181. The highest BCUT2D eigenvalue weighted by Crippen LogP contribution is 2.32. The van der Waals surface area contributed by atoms with Crippen molar-refractivity contribution in [2.24, 2.45) is 0 Å². The fraction of sp³-hybridized carbons (Fsp3) is 0.333. The van der Waals surface area contributed by atoms with Gasteiger partial charge in [0, 0.05) is 12.6 Å². The summed E-state index contributed by atoms with van der Waals surface area (Å²) in [6.45, 7) is 6.50. The van der Waals surface area contributed by atoms with Crippen LogP contribution in [0, 0.1) is 12.7 Å². The van der Waals surface area contributed by atoms with E-state index in [-0.39, 0.29) is 28.2 Å². The van der Waals surface area contributed by atoms with Crippen molar-refractivity contribution in [3.63, 3.8) is 0 Å². The van der Waals surface area contributed by atoms with Crippen LogP contribution in [0.15, 0.2) is 71.6 Å². The SMILES string of the molecule is CC[C@H](C)NC(=O)[C@@H](C)N(Cc1ccc(F)cc1)C(=O)CN(c1ccc(OC)c(Cl)c1)S(=O)(=O)c1ccc(C)cc1. The predicted octanol–water partition coefficient (Wildman–Crippen LogP) is 5.32. The first-order valence-electron chi connectivity index (χ1n) is 13.1. The van der Waals surface area contributed by atoms with Crippen LogP contribution in [-0.4, -0.2) is 50.9 Å². The number of halogens is 2. The van der Waals surface area contributed by atoms with Crippen LogP contribution < -0.4 is 14.4 Å². The Labute approximate surface area is 246 Å². The van der Waals surface area contributed by atoms with Gasteiger partial charge in [0.1, 0.15) is 24.2 Å². The van der Waals surface area contributed by atoms with Crippen molar-refractivity contribution in [3.05, 3.63) is 88.7 Å². The molecule has 0 aliphatic heterocycles. The molecule has 0 radical (unpaired) electrons. The Bertz CT molecular complexity index is 1470. The Kier molecular flexibility index (Phi) is 10.8. The van der Waals surface area contributed by atoms with Crippen LogP contribution in [0.25, 0.3) is 0 Å². The molecule has 0 bridgehead atoms. The summed E-state index contributed by atoms with van der Waals surface area (Å²) in [6, 6.07) is 15.1. The Morgan fingerprint density at radius 2 is 1.66 bits per heavy atom. The molecule has 0 saturated heterocycles. The van der Waals surface area contributed by atoms with E-state index in [0.29, 0.717) is 17.7 Å². The Morgan fingerprint density at radius 3 is 2.22 bits per heavy atom. The zero-order valence-electron chi connectivity index (χ0n) is 23.7. The molecule has 3 aromatic rings. The highest BCUT2D eigenvalue weighted by Gasteiger charge is 2.33. The summed E-state index contributed by atoms with van der Waals surface area (Å²) in [5.41, 5.74) is 1.58. The van der Waals surface area contributed by atoms with Crippen molar-refractivity contribution >= 4 is 39.1 Å². The number of sulfonamides is 1. The molecule has 0 saturated carbocycles. The second kappa shape index (κ2) is 13.8. The van der Waals surface area contributed by atoms with Crippen LogP contribution in [0.4, 0.5) is 10.1 Å². The predicted molar refractivity (Wildman–Crippen MR) is 158 cm³/mol. The fourth-order valence-electron chi connectivity index (χ4n) is 4.01. The third kappa shape index (κ3) is 7.98. The van der Waals surface area contributed by atoms with E-state index >= 15 is 0 Å². The molecule has 8 nitrogen and oxygen atoms in total. The van der Waals surface area contributed by atoms with Crippen LogP contribution in [0.2, 0.25) is 5.02 Å². The number of nitrogens with zero attached hydrogens (tertiary/aromatic N) is 2. The summed E-state index contributed by atoms with van der Waals surface area (Å²) in [4.78, 5) is 28.3. The van der Waals surface area contributed by atoms with E-state index in [1.54, 1.807) is 19.1 Å². The Hall–Kier alpha value is -3.63. The monoisotopic (exact) mass is 603 g/mol. The van der Waals surface area contributed by atoms with Crippen LogP contribution in [0.5, 0.6) is 5.75 Å². The van der Waals surface area contributed by atoms with E-state index < -0.39 is 40.2 Å². The second-order valence-corrected chi connectivity index (χ2v) is 12.1. The molecule has 3 rings (SSSR count). The molecular weight excluding hydrogens is 569 g/mol. The van der Waals surface area contributed by atoms with Gasteiger partial charge in [-0.25, -0.2) is 12.8 Å². The molecular formula is C30H35ClFN3O5S. The third-order valence-corrected chi connectivity index (χ3v) is 8.83. The van der Waals surface area contributed by atoms with Gasteiger partial charge in [0.2, 0.25) is 11.8 Å². The number of methoxy groups -OCH3 is 1. The zero-order valence-corrected chi connectivity index (χ0v) is 25.3. The molecule has 0 spiro atoms. The quantitative estimate of drug-likeness (QED) is 0.302. The smallest absolute Gasteiger partial charge is 0.264 e. The van der Waals surface area contributed by atoms with Gasteiger partial charge in [-0.1, -0.05) is 48.4 Å². The number of hydrogen-bond acceptors (Lipinski definition) is 5. The number of aryl methyl sites for hydroxylation is 1. The molecule has 0 fully saturated rings. The Morgan fingerprint density at radius 1 is 1.02 bits per heavy atom. The topological polar surface area (TPSA) is 96.0 Å². The first kappa shape index (κ1) is 31.9. The molecule has 0 aromatic heterocycles. The van der Waals surface area contributed by atoms with Gasteiger partial charge in [-0.15, -0.1) is 0 Å². The van der Waals surface area contributed by atoms with E-state index in [1.807, 2.05) is 20.8 Å². The lowest BCUT2D eigenvalue weighted by Crippen LogP contribution is -2.52. The Balaban J connectivity index is 2.06. The number of rotatable bonds is 12. The fourth-order valence-corrected chi connectivity index (χ4v) is 5.67. The van der Waals surface area contributed by atoms with E-state index in [1.165, 1.54) is 66.6 Å². The molecule has 41 heavy (non-hydrogen) atoms. The van der Waals surface area contributed by atoms with E-state index in [9.17, 15) is 22.4 Å². The van der Waals surface area contributed by atoms with Gasteiger partial charge in [0.25, 0.3) is 10.0 Å². The number of anilines is 1. The lowest BCUT2D eigenvalue weighted by atomic mass is 10.1. The first-order chi connectivity index (χ1) is 19.4. The third-order valence-electron chi connectivity index (χ3n) is 6.75. The summed E-state index contributed by atoms with van der Waals surface area (Å²) in [5, 5.41) is 3.03. The maximum absolute atomic E-state index is 13.9. The van der Waals surface area contributed by atoms with Crippen molar-refractivity contribution < 1.29 is 27.1 Å². The summed E-state index contributed by atoms with van der Waals surface area (Å²) < 4.78 is 47.6. The van der Waals surface area contributed by atoms with Gasteiger partial charge < -0.3 is 15.0 Å². The summed E-state index contributed by atoms with van der Waals surface area (Å²) in [5.74, 6) is -1.14. The molecule has 0 unspecified atom stereocenters. The van der Waals surface area contributed by atoms with E-state index in [4.69, 9.17) is 16.3 Å². The summed E-state index contributed by atoms with van der Waals surface area (Å²) in [6.07, 6.45) is 0.686. The lowest BCUT2D eigenvalue weighted by Gasteiger charge is -2.32. The average Bonchev–Trinajstić information content (AvgIpc) is 2.95. The van der Waals surface area contributed by atoms with Crippen molar-refractivity contribution in [2.45, 2.75) is 57.6 Å². The number of amides is 2. The molecule has 2 amide bonds. The minimum atomic E-state index is -4.25. The van der Waals surface area contributed by atoms with Gasteiger partial charge >= 0.3 is 0 Å². The summed E-state index contributed by atoms with van der Waals surface area (Å²) in [7, 11) is -2.81. The van der Waals surface area contributed by atoms with Gasteiger partial charge in [0.15, 0.2) is 0 Å².